The summed E-state index contributed by atoms with van der Waals surface area (Å²) >= 11 is 19.8. The minimum absolute atomic E-state index is 0.113. The number of ether oxygens (including phenoxy) is 2. The molecule has 3 amide bonds. The number of hydrogen-bond acceptors (Lipinski definition) is 6. The molecule has 0 aliphatic heterocycles. The van der Waals surface area contributed by atoms with Crippen molar-refractivity contribution in [1.82, 2.24) is 5.43 Å². The number of nitrogens with zero attached hydrogens (tertiary/aromatic N) is 1. The third-order valence-electron chi connectivity index (χ3n) is 4.59. The molecule has 9 nitrogen and oxygen atoms in total. The molecule has 0 fully saturated rings. The van der Waals surface area contributed by atoms with Gasteiger partial charge in [0.05, 0.1) is 32.1 Å². The van der Waals surface area contributed by atoms with E-state index in [1.807, 2.05) is 22.6 Å². The Hall–Kier alpha value is -3.06. The van der Waals surface area contributed by atoms with Crippen molar-refractivity contribution in [2.24, 2.45) is 5.10 Å². The number of amides is 3. The highest BCUT2D eigenvalue weighted by molar-refractivity contribution is 14.1. The van der Waals surface area contributed by atoms with E-state index in [2.05, 4.69) is 21.2 Å². The SMILES string of the molecule is CCOc1cc(/C=N\NC(=O)C(=O)Nc2cccc(Cl)c2Cl)cc(I)c1OCC(=O)Nc1ccc(Cl)cc1. The van der Waals surface area contributed by atoms with Crippen LogP contribution in [0.2, 0.25) is 15.1 Å². The van der Waals surface area contributed by atoms with Gasteiger partial charge in [-0.3, -0.25) is 14.4 Å². The van der Waals surface area contributed by atoms with Crippen molar-refractivity contribution in [3.05, 3.63) is 78.8 Å². The molecule has 0 aliphatic rings. The van der Waals surface area contributed by atoms with Crippen LogP contribution >= 0.6 is 57.4 Å². The van der Waals surface area contributed by atoms with Crippen LogP contribution in [0.1, 0.15) is 12.5 Å². The summed E-state index contributed by atoms with van der Waals surface area (Å²) in [5, 5.41) is 9.81. The molecule has 3 N–H and O–H groups in total. The molecule has 0 saturated carbocycles. The molecule has 0 atom stereocenters. The van der Waals surface area contributed by atoms with E-state index >= 15 is 0 Å². The smallest absolute Gasteiger partial charge is 0.329 e. The van der Waals surface area contributed by atoms with Crippen LogP contribution in [0.5, 0.6) is 11.5 Å². The molecule has 0 aromatic heterocycles. The van der Waals surface area contributed by atoms with E-state index in [1.54, 1.807) is 55.5 Å². The van der Waals surface area contributed by atoms with Gasteiger partial charge in [0.25, 0.3) is 5.91 Å². The van der Waals surface area contributed by atoms with Gasteiger partial charge in [0.1, 0.15) is 0 Å². The van der Waals surface area contributed by atoms with Crippen molar-refractivity contribution in [2.45, 2.75) is 6.92 Å². The number of carbonyl (C=O) groups is 3. The molecule has 0 spiro atoms. The van der Waals surface area contributed by atoms with Gasteiger partial charge in [-0.15, -0.1) is 0 Å². The third kappa shape index (κ3) is 8.48. The standard InChI is InChI=1S/C25H20Cl3IN4O5/c1-2-37-20-11-14(12-30-33-25(36)24(35)32-19-5-3-4-17(27)22(19)28)10-18(29)23(20)38-13-21(34)31-16-8-6-15(26)7-9-16/h3-12H,2,13H2,1H3,(H,31,34)(H,32,35)(H,33,36)/b30-12-. The van der Waals surface area contributed by atoms with Crippen LogP contribution in [0.4, 0.5) is 11.4 Å². The number of benzene rings is 3. The number of halogens is 4. The van der Waals surface area contributed by atoms with Crippen LogP contribution in [0.3, 0.4) is 0 Å². The lowest BCUT2D eigenvalue weighted by molar-refractivity contribution is -0.136. The van der Waals surface area contributed by atoms with Crippen molar-refractivity contribution < 1.29 is 23.9 Å². The van der Waals surface area contributed by atoms with Crippen LogP contribution in [-0.2, 0) is 14.4 Å². The molecule has 3 aromatic rings. The van der Waals surface area contributed by atoms with E-state index in [0.717, 1.165) is 0 Å². The summed E-state index contributed by atoms with van der Waals surface area (Å²) in [6.07, 6.45) is 1.33. The molecule has 0 heterocycles. The molecule has 0 aliphatic carbocycles. The molecule has 0 unspecified atom stereocenters. The summed E-state index contributed by atoms with van der Waals surface area (Å²) in [5.74, 6) is -1.60. The second kappa shape index (κ2) is 14.2. The first-order valence-corrected chi connectivity index (χ1v) is 13.1. The average molecular weight is 690 g/mol. The Labute approximate surface area is 246 Å². The average Bonchev–Trinajstić information content (AvgIpc) is 2.87. The molecular weight excluding hydrogens is 670 g/mol. The highest BCUT2D eigenvalue weighted by Gasteiger charge is 2.16. The van der Waals surface area contributed by atoms with E-state index in [0.29, 0.717) is 37.9 Å². The van der Waals surface area contributed by atoms with Gasteiger partial charge in [0, 0.05) is 10.7 Å². The van der Waals surface area contributed by atoms with Gasteiger partial charge in [-0.25, -0.2) is 5.43 Å². The zero-order valence-corrected chi connectivity index (χ0v) is 24.1. The number of nitrogens with one attached hydrogen (secondary N) is 3. The monoisotopic (exact) mass is 688 g/mol. The van der Waals surface area contributed by atoms with E-state index in [4.69, 9.17) is 44.3 Å². The first-order chi connectivity index (χ1) is 18.2. The topological polar surface area (TPSA) is 118 Å². The van der Waals surface area contributed by atoms with Crippen molar-refractivity contribution in [1.29, 1.82) is 0 Å². The Balaban J connectivity index is 1.62. The largest absolute Gasteiger partial charge is 0.490 e. The predicted octanol–water partition coefficient (Wildman–Crippen LogP) is 5.76. The summed E-state index contributed by atoms with van der Waals surface area (Å²) in [7, 11) is 0. The Bertz CT molecular complexity index is 1370. The first kappa shape index (κ1) is 29.5. The Morgan fingerprint density at radius 2 is 1.71 bits per heavy atom. The number of hydrogen-bond donors (Lipinski definition) is 3. The summed E-state index contributed by atoms with van der Waals surface area (Å²) in [4.78, 5) is 36.6. The van der Waals surface area contributed by atoms with Crippen LogP contribution in [0, 0.1) is 3.57 Å². The molecule has 198 valence electrons. The lowest BCUT2D eigenvalue weighted by Crippen LogP contribution is -2.32. The van der Waals surface area contributed by atoms with E-state index in [1.165, 1.54) is 12.3 Å². The fourth-order valence-electron chi connectivity index (χ4n) is 2.93. The zero-order valence-electron chi connectivity index (χ0n) is 19.7. The van der Waals surface area contributed by atoms with E-state index in [9.17, 15) is 14.4 Å². The van der Waals surface area contributed by atoms with E-state index < -0.39 is 11.8 Å². The Morgan fingerprint density at radius 1 is 0.974 bits per heavy atom. The number of hydrazone groups is 1. The van der Waals surface area contributed by atoms with E-state index in [-0.39, 0.29) is 28.2 Å². The van der Waals surface area contributed by atoms with Crippen LogP contribution in [0.25, 0.3) is 0 Å². The van der Waals surface area contributed by atoms with Gasteiger partial charge in [-0.1, -0.05) is 40.9 Å². The number of anilines is 2. The van der Waals surface area contributed by atoms with Gasteiger partial charge in [-0.2, -0.15) is 5.10 Å². The van der Waals surface area contributed by atoms with Gasteiger partial charge in [0.15, 0.2) is 18.1 Å². The fourth-order valence-corrected chi connectivity index (χ4v) is 4.18. The summed E-state index contributed by atoms with van der Waals surface area (Å²) in [6.45, 7) is 1.89. The molecule has 3 aromatic carbocycles. The van der Waals surface area contributed by atoms with Crippen molar-refractivity contribution >= 4 is 92.7 Å². The maximum absolute atomic E-state index is 12.3. The summed E-state index contributed by atoms with van der Waals surface area (Å²) < 4.78 is 12.0. The predicted molar refractivity (Wildman–Crippen MR) is 157 cm³/mol. The summed E-state index contributed by atoms with van der Waals surface area (Å²) in [5.41, 5.74) is 3.47. The van der Waals surface area contributed by atoms with Crippen molar-refractivity contribution in [3.8, 4) is 11.5 Å². The van der Waals surface area contributed by atoms with Crippen molar-refractivity contribution in [3.63, 3.8) is 0 Å². The highest BCUT2D eigenvalue weighted by Crippen LogP contribution is 2.34. The van der Waals surface area contributed by atoms with Gasteiger partial charge >= 0.3 is 11.8 Å². The quantitative estimate of drug-likeness (QED) is 0.114. The third-order valence-corrected chi connectivity index (χ3v) is 6.47. The minimum Gasteiger partial charge on any atom is -0.490 e. The molecule has 38 heavy (non-hydrogen) atoms. The number of carbonyl (C=O) groups excluding carboxylic acids is 3. The summed E-state index contributed by atoms with van der Waals surface area (Å²) in [6, 6.07) is 14.7. The Kier molecular flexibility index (Phi) is 11.0. The van der Waals surface area contributed by atoms with Gasteiger partial charge in [0.2, 0.25) is 0 Å². The molecule has 13 heteroatoms. The lowest BCUT2D eigenvalue weighted by atomic mass is 10.2. The highest BCUT2D eigenvalue weighted by atomic mass is 127. The van der Waals surface area contributed by atoms with Crippen LogP contribution < -0.4 is 25.5 Å². The van der Waals surface area contributed by atoms with Gasteiger partial charge < -0.3 is 20.1 Å². The van der Waals surface area contributed by atoms with Crippen LogP contribution in [0.15, 0.2) is 59.7 Å². The molecule has 0 radical (unpaired) electrons. The molecule has 3 rings (SSSR count). The van der Waals surface area contributed by atoms with Crippen molar-refractivity contribution in [2.75, 3.05) is 23.8 Å². The maximum atomic E-state index is 12.3. The number of rotatable bonds is 9. The minimum atomic E-state index is -1.01. The second-order valence-corrected chi connectivity index (χ2v) is 9.75. The fraction of sp³-hybridized carbons (Fsp3) is 0.120. The second-order valence-electron chi connectivity index (χ2n) is 7.36. The first-order valence-electron chi connectivity index (χ1n) is 10.9. The zero-order chi connectivity index (χ0) is 27.7. The molecule has 0 saturated heterocycles. The normalized spacial score (nSPS) is 10.7. The maximum Gasteiger partial charge on any atom is 0.329 e. The Morgan fingerprint density at radius 3 is 2.42 bits per heavy atom. The molecule has 0 bridgehead atoms. The molecular formula is C25H20Cl3IN4O5. The van der Waals surface area contributed by atoms with Crippen LogP contribution in [-0.4, -0.2) is 37.1 Å². The van der Waals surface area contributed by atoms with Gasteiger partial charge in [-0.05, 0) is 83.6 Å². The lowest BCUT2D eigenvalue weighted by Gasteiger charge is -2.14.